The van der Waals surface area contributed by atoms with E-state index in [1.54, 1.807) is 0 Å². The molecule has 0 amide bonds. The lowest BCUT2D eigenvalue weighted by Gasteiger charge is -2.33. The monoisotopic (exact) mass is 296 g/mol. The summed E-state index contributed by atoms with van der Waals surface area (Å²) >= 11 is 0. The maximum atomic E-state index is 5.36. The average molecular weight is 296 g/mol. The molecule has 1 heterocycles. The molecule has 3 atom stereocenters. The molecule has 2 rings (SSSR count). The highest BCUT2D eigenvalue weighted by molar-refractivity contribution is 4.84. The predicted molar refractivity (Wildman–Crippen MR) is 89.7 cm³/mol. The van der Waals surface area contributed by atoms with Crippen LogP contribution in [-0.4, -0.2) is 50.3 Å². The maximum Gasteiger partial charge on any atom is 0.0589 e. The Kier molecular flexibility index (Phi) is 7.48. The number of rotatable bonds is 7. The molecule has 21 heavy (non-hydrogen) atoms. The smallest absolute Gasteiger partial charge is 0.0589 e. The SMILES string of the molecule is COCCN(CC1CCCN1)C1CCCC(C(C)C)CC1. The number of ether oxygens (including phenoxy) is 1. The lowest BCUT2D eigenvalue weighted by atomic mass is 9.89. The summed E-state index contributed by atoms with van der Waals surface area (Å²) in [5.74, 6) is 1.80. The Morgan fingerprint density at radius 1 is 1.10 bits per heavy atom. The van der Waals surface area contributed by atoms with Crippen molar-refractivity contribution in [3.8, 4) is 0 Å². The highest BCUT2D eigenvalue weighted by atomic mass is 16.5. The van der Waals surface area contributed by atoms with Crippen molar-refractivity contribution in [2.45, 2.75) is 70.9 Å². The predicted octanol–water partition coefficient (Wildman–Crippen LogP) is 3.29. The van der Waals surface area contributed by atoms with Crippen molar-refractivity contribution in [1.82, 2.24) is 10.2 Å². The minimum atomic E-state index is 0.714. The Balaban J connectivity index is 1.88. The fourth-order valence-corrected chi connectivity index (χ4v) is 4.17. The van der Waals surface area contributed by atoms with E-state index in [1.807, 2.05) is 7.11 Å². The molecule has 1 saturated heterocycles. The first-order valence-corrected chi connectivity index (χ1v) is 9.17. The van der Waals surface area contributed by atoms with Crippen LogP contribution in [0.25, 0.3) is 0 Å². The van der Waals surface area contributed by atoms with E-state index in [0.29, 0.717) is 6.04 Å². The van der Waals surface area contributed by atoms with Crippen LogP contribution in [0.4, 0.5) is 0 Å². The fraction of sp³-hybridized carbons (Fsp3) is 1.00. The van der Waals surface area contributed by atoms with Crippen molar-refractivity contribution in [1.29, 1.82) is 0 Å². The quantitative estimate of drug-likeness (QED) is 0.730. The van der Waals surface area contributed by atoms with E-state index in [2.05, 4.69) is 24.1 Å². The van der Waals surface area contributed by atoms with Gasteiger partial charge >= 0.3 is 0 Å². The average Bonchev–Trinajstić information content (AvgIpc) is 2.85. The van der Waals surface area contributed by atoms with Gasteiger partial charge in [0, 0.05) is 32.3 Å². The zero-order valence-electron chi connectivity index (χ0n) is 14.4. The van der Waals surface area contributed by atoms with Gasteiger partial charge in [0.05, 0.1) is 6.61 Å². The van der Waals surface area contributed by atoms with Crippen molar-refractivity contribution in [3.63, 3.8) is 0 Å². The second kappa shape index (κ2) is 9.12. The van der Waals surface area contributed by atoms with Gasteiger partial charge < -0.3 is 10.1 Å². The summed E-state index contributed by atoms with van der Waals surface area (Å²) in [4.78, 5) is 2.73. The van der Waals surface area contributed by atoms with Crippen molar-refractivity contribution in [3.05, 3.63) is 0 Å². The number of hydrogen-bond donors (Lipinski definition) is 1. The normalized spacial score (nSPS) is 31.0. The van der Waals surface area contributed by atoms with E-state index >= 15 is 0 Å². The third-order valence-corrected chi connectivity index (χ3v) is 5.64. The molecule has 1 N–H and O–H groups in total. The van der Waals surface area contributed by atoms with Crippen LogP contribution in [0.1, 0.15) is 58.8 Å². The zero-order chi connectivity index (χ0) is 15.1. The molecular formula is C18H36N2O. The number of methoxy groups -OCH3 is 1. The van der Waals surface area contributed by atoms with Crippen LogP contribution in [0.15, 0.2) is 0 Å². The Morgan fingerprint density at radius 2 is 1.95 bits per heavy atom. The number of hydrogen-bond acceptors (Lipinski definition) is 3. The Bertz CT molecular complexity index is 276. The van der Waals surface area contributed by atoms with E-state index in [1.165, 1.54) is 58.0 Å². The largest absolute Gasteiger partial charge is 0.383 e. The Hall–Kier alpha value is -0.120. The molecule has 124 valence electrons. The lowest BCUT2D eigenvalue weighted by Crippen LogP contribution is -2.44. The second-order valence-electron chi connectivity index (χ2n) is 7.45. The minimum absolute atomic E-state index is 0.714. The van der Waals surface area contributed by atoms with Crippen molar-refractivity contribution in [2.24, 2.45) is 11.8 Å². The number of nitrogens with zero attached hydrogens (tertiary/aromatic N) is 1. The van der Waals surface area contributed by atoms with Gasteiger partial charge in [0.2, 0.25) is 0 Å². The molecule has 2 aliphatic rings. The van der Waals surface area contributed by atoms with Crippen LogP contribution in [0.3, 0.4) is 0 Å². The van der Waals surface area contributed by atoms with E-state index in [9.17, 15) is 0 Å². The number of nitrogens with one attached hydrogen (secondary N) is 1. The summed E-state index contributed by atoms with van der Waals surface area (Å²) in [6.45, 7) is 9.21. The van der Waals surface area contributed by atoms with Gasteiger partial charge in [-0.05, 0) is 50.5 Å². The molecule has 0 bridgehead atoms. The third kappa shape index (κ3) is 5.54. The van der Waals surface area contributed by atoms with Crippen LogP contribution in [0.5, 0.6) is 0 Å². The molecule has 1 aliphatic heterocycles. The van der Waals surface area contributed by atoms with E-state index in [4.69, 9.17) is 4.74 Å². The summed E-state index contributed by atoms with van der Waals surface area (Å²) in [7, 11) is 1.83. The second-order valence-corrected chi connectivity index (χ2v) is 7.45. The minimum Gasteiger partial charge on any atom is -0.383 e. The van der Waals surface area contributed by atoms with Crippen LogP contribution in [0.2, 0.25) is 0 Å². The van der Waals surface area contributed by atoms with E-state index in [0.717, 1.165) is 31.0 Å². The maximum absolute atomic E-state index is 5.36. The van der Waals surface area contributed by atoms with Gasteiger partial charge in [-0.25, -0.2) is 0 Å². The molecule has 2 fully saturated rings. The fourth-order valence-electron chi connectivity index (χ4n) is 4.17. The van der Waals surface area contributed by atoms with Crippen molar-refractivity contribution < 1.29 is 4.74 Å². The van der Waals surface area contributed by atoms with Gasteiger partial charge in [-0.15, -0.1) is 0 Å². The summed E-state index contributed by atoms with van der Waals surface area (Å²) in [5.41, 5.74) is 0. The molecule has 0 radical (unpaired) electrons. The molecule has 3 heteroatoms. The molecular weight excluding hydrogens is 260 g/mol. The summed E-state index contributed by atoms with van der Waals surface area (Å²) in [6, 6.07) is 1.50. The molecule has 0 aromatic carbocycles. The first kappa shape index (κ1) is 17.2. The van der Waals surface area contributed by atoms with Crippen LogP contribution in [-0.2, 0) is 4.74 Å². The molecule has 0 aromatic rings. The summed E-state index contributed by atoms with van der Waals surface area (Å²) in [5, 5.41) is 3.66. The van der Waals surface area contributed by atoms with Gasteiger partial charge in [0.1, 0.15) is 0 Å². The molecule has 3 unspecified atom stereocenters. The zero-order valence-corrected chi connectivity index (χ0v) is 14.4. The first-order valence-electron chi connectivity index (χ1n) is 9.17. The first-order chi connectivity index (χ1) is 10.2. The van der Waals surface area contributed by atoms with Gasteiger partial charge in [0.25, 0.3) is 0 Å². The summed E-state index contributed by atoms with van der Waals surface area (Å²) in [6.07, 6.45) is 9.75. The van der Waals surface area contributed by atoms with E-state index in [-0.39, 0.29) is 0 Å². The van der Waals surface area contributed by atoms with Crippen molar-refractivity contribution >= 4 is 0 Å². The van der Waals surface area contributed by atoms with Crippen LogP contribution >= 0.6 is 0 Å². The van der Waals surface area contributed by atoms with Gasteiger partial charge in [0.15, 0.2) is 0 Å². The Morgan fingerprint density at radius 3 is 2.62 bits per heavy atom. The van der Waals surface area contributed by atoms with Crippen molar-refractivity contribution in [2.75, 3.05) is 33.4 Å². The highest BCUT2D eigenvalue weighted by Gasteiger charge is 2.27. The topological polar surface area (TPSA) is 24.5 Å². The highest BCUT2D eigenvalue weighted by Crippen LogP contribution is 2.31. The van der Waals surface area contributed by atoms with Gasteiger partial charge in [-0.3, -0.25) is 4.90 Å². The van der Waals surface area contributed by atoms with Crippen LogP contribution < -0.4 is 5.32 Å². The molecule has 0 spiro atoms. The third-order valence-electron chi connectivity index (χ3n) is 5.64. The van der Waals surface area contributed by atoms with Crippen LogP contribution in [0, 0.1) is 11.8 Å². The van der Waals surface area contributed by atoms with E-state index < -0.39 is 0 Å². The van der Waals surface area contributed by atoms with Gasteiger partial charge in [-0.2, -0.15) is 0 Å². The van der Waals surface area contributed by atoms with Gasteiger partial charge in [-0.1, -0.05) is 26.7 Å². The molecule has 0 aromatic heterocycles. The molecule has 1 aliphatic carbocycles. The molecule has 1 saturated carbocycles. The lowest BCUT2D eigenvalue weighted by molar-refractivity contribution is 0.104. The Labute approximate surface area is 131 Å². The summed E-state index contributed by atoms with van der Waals surface area (Å²) < 4.78 is 5.36. The standard InChI is InChI=1S/C18H36N2O/c1-15(2)16-6-4-8-18(10-9-16)20(12-13-21-3)14-17-7-5-11-19-17/h15-19H,4-14H2,1-3H3. The molecule has 3 nitrogen and oxygen atoms in total.